The Kier molecular flexibility index (Phi) is 2.52. The lowest BCUT2D eigenvalue weighted by atomic mass is 9.86. The first-order valence-electron chi connectivity index (χ1n) is 4.01. The van der Waals surface area contributed by atoms with Crippen LogP contribution in [0.3, 0.4) is 0 Å². The zero-order valence-electron chi connectivity index (χ0n) is 6.14. The van der Waals surface area contributed by atoms with Crippen LogP contribution in [0.2, 0.25) is 0 Å². The molecule has 0 spiro atoms. The fraction of sp³-hybridized carbons (Fsp3) is 1.00. The molecule has 0 amide bonds. The van der Waals surface area contributed by atoms with Gasteiger partial charge in [0, 0.05) is 0 Å². The van der Waals surface area contributed by atoms with E-state index in [0.29, 0.717) is 0 Å². The second-order valence-electron chi connectivity index (χ2n) is 3.09. The van der Waals surface area contributed by atoms with Crippen LogP contribution in [-0.4, -0.2) is 11.2 Å². The number of aliphatic hydroxyl groups excluding tert-OH is 1. The third kappa shape index (κ3) is 1.98. The quantitative estimate of drug-likeness (QED) is 0.572. The highest BCUT2D eigenvalue weighted by molar-refractivity contribution is 4.70. The second-order valence-corrected chi connectivity index (χ2v) is 3.09. The fourth-order valence-electron chi connectivity index (χ4n) is 1.63. The number of aliphatic hydroxyl groups is 1. The Morgan fingerprint density at radius 2 is 2.22 bits per heavy atom. The first-order valence-corrected chi connectivity index (χ1v) is 4.01. The van der Waals surface area contributed by atoms with Crippen LogP contribution in [0.25, 0.3) is 0 Å². The summed E-state index contributed by atoms with van der Waals surface area (Å²) >= 11 is 0. The summed E-state index contributed by atoms with van der Waals surface area (Å²) < 4.78 is 0. The van der Waals surface area contributed by atoms with Crippen LogP contribution < -0.4 is 0 Å². The summed E-state index contributed by atoms with van der Waals surface area (Å²) in [7, 11) is 0. The van der Waals surface area contributed by atoms with Gasteiger partial charge in [-0.05, 0) is 18.8 Å². The van der Waals surface area contributed by atoms with E-state index in [0.717, 1.165) is 18.8 Å². The molecule has 1 rings (SSSR count). The molecule has 0 aromatic carbocycles. The molecule has 0 saturated heterocycles. The molecule has 0 aliphatic heterocycles. The van der Waals surface area contributed by atoms with Crippen molar-refractivity contribution in [1.82, 2.24) is 0 Å². The Balaban J connectivity index is 2.23. The van der Waals surface area contributed by atoms with E-state index in [9.17, 15) is 5.11 Å². The van der Waals surface area contributed by atoms with Crippen molar-refractivity contribution < 1.29 is 5.11 Å². The van der Waals surface area contributed by atoms with Crippen molar-refractivity contribution in [1.29, 1.82) is 0 Å². The van der Waals surface area contributed by atoms with Gasteiger partial charge in [0.1, 0.15) is 0 Å². The van der Waals surface area contributed by atoms with Crippen molar-refractivity contribution in [3.63, 3.8) is 0 Å². The number of hydrogen-bond donors (Lipinski definition) is 1. The normalized spacial score (nSPS) is 36.7. The predicted octanol–water partition coefficient (Wildman–Crippen LogP) is 1.95. The van der Waals surface area contributed by atoms with Crippen LogP contribution >= 0.6 is 0 Å². The van der Waals surface area contributed by atoms with Gasteiger partial charge in [-0.1, -0.05) is 26.2 Å². The topological polar surface area (TPSA) is 20.2 Å². The van der Waals surface area contributed by atoms with Crippen molar-refractivity contribution in [2.45, 2.75) is 45.1 Å². The Morgan fingerprint density at radius 1 is 1.44 bits per heavy atom. The minimum Gasteiger partial charge on any atom is -0.393 e. The maximum Gasteiger partial charge on any atom is 0.0542 e. The molecule has 1 unspecified atom stereocenters. The highest BCUT2D eigenvalue weighted by atomic mass is 16.3. The minimum absolute atomic E-state index is 0.0173. The van der Waals surface area contributed by atoms with E-state index in [1.54, 1.807) is 0 Å². The van der Waals surface area contributed by atoms with Gasteiger partial charge < -0.3 is 5.11 Å². The Hall–Kier alpha value is -0.0400. The first kappa shape index (κ1) is 7.07. The van der Waals surface area contributed by atoms with Gasteiger partial charge in [0.2, 0.25) is 0 Å². The lowest BCUT2D eigenvalue weighted by Crippen LogP contribution is -2.18. The molecule has 1 aliphatic rings. The predicted molar refractivity (Wildman–Crippen MR) is 38.3 cm³/mol. The Labute approximate surface area is 57.1 Å². The van der Waals surface area contributed by atoms with E-state index < -0.39 is 0 Å². The largest absolute Gasteiger partial charge is 0.393 e. The lowest BCUT2D eigenvalue weighted by molar-refractivity contribution is 0.0998. The van der Waals surface area contributed by atoms with Gasteiger partial charge in [0.25, 0.3) is 0 Å². The summed E-state index contributed by atoms with van der Waals surface area (Å²) in [6, 6.07) is 0. The van der Waals surface area contributed by atoms with Crippen molar-refractivity contribution in [2.24, 2.45) is 5.92 Å². The highest BCUT2D eigenvalue weighted by Crippen LogP contribution is 2.25. The first-order chi connectivity index (χ1) is 4.33. The maximum atomic E-state index is 9.21. The summed E-state index contributed by atoms with van der Waals surface area (Å²) in [6.45, 7) is 2.21. The van der Waals surface area contributed by atoms with Crippen molar-refractivity contribution in [3.05, 3.63) is 0 Å². The van der Waals surface area contributed by atoms with Gasteiger partial charge in [0.05, 0.1) is 6.10 Å². The Morgan fingerprint density at radius 3 is 2.67 bits per heavy atom. The molecular formula is C8H16O. The average Bonchev–Trinajstić information content (AvgIpc) is 1.88. The summed E-state index contributed by atoms with van der Waals surface area (Å²) in [5.74, 6) is 0.814. The molecule has 1 saturated carbocycles. The van der Waals surface area contributed by atoms with Gasteiger partial charge in [-0.25, -0.2) is 0 Å². The molecule has 2 atom stereocenters. The average molecular weight is 128 g/mol. The van der Waals surface area contributed by atoms with Gasteiger partial charge in [-0.3, -0.25) is 0 Å². The highest BCUT2D eigenvalue weighted by Gasteiger charge is 2.17. The SMILES string of the molecule is CC[C@@H]1CCCC(O)C1. The minimum atomic E-state index is 0.0173. The zero-order valence-corrected chi connectivity index (χ0v) is 6.14. The molecule has 0 bridgehead atoms. The van der Waals surface area contributed by atoms with Crippen LogP contribution in [-0.2, 0) is 0 Å². The van der Waals surface area contributed by atoms with Crippen molar-refractivity contribution >= 4 is 0 Å². The van der Waals surface area contributed by atoms with Gasteiger partial charge in [0.15, 0.2) is 0 Å². The van der Waals surface area contributed by atoms with E-state index >= 15 is 0 Å². The van der Waals surface area contributed by atoms with E-state index in [1.165, 1.54) is 19.3 Å². The Bertz CT molecular complexity index is 80.6. The molecular weight excluding hydrogens is 112 g/mol. The maximum absolute atomic E-state index is 9.21. The molecule has 1 nitrogen and oxygen atoms in total. The van der Waals surface area contributed by atoms with Gasteiger partial charge >= 0.3 is 0 Å². The van der Waals surface area contributed by atoms with Crippen molar-refractivity contribution in [3.8, 4) is 0 Å². The van der Waals surface area contributed by atoms with Crippen LogP contribution in [0, 0.1) is 5.92 Å². The molecule has 0 radical (unpaired) electrons. The van der Waals surface area contributed by atoms with E-state index in [1.807, 2.05) is 0 Å². The molecule has 0 aromatic heterocycles. The molecule has 9 heavy (non-hydrogen) atoms. The standard InChI is InChI=1S/C8H16O/c1-2-7-4-3-5-8(9)6-7/h7-9H,2-6H2,1H3/t7-,8?/m1/s1. The van der Waals surface area contributed by atoms with Crippen LogP contribution in [0.5, 0.6) is 0 Å². The summed E-state index contributed by atoms with van der Waals surface area (Å²) in [6.07, 6.45) is 5.93. The van der Waals surface area contributed by atoms with Gasteiger partial charge in [-0.15, -0.1) is 0 Å². The molecule has 1 aliphatic carbocycles. The summed E-state index contributed by atoms with van der Waals surface area (Å²) in [5, 5.41) is 9.21. The molecule has 1 N–H and O–H groups in total. The summed E-state index contributed by atoms with van der Waals surface area (Å²) in [4.78, 5) is 0. The molecule has 0 heterocycles. The van der Waals surface area contributed by atoms with E-state index in [-0.39, 0.29) is 6.10 Å². The number of rotatable bonds is 1. The van der Waals surface area contributed by atoms with E-state index in [4.69, 9.17) is 0 Å². The van der Waals surface area contributed by atoms with E-state index in [2.05, 4.69) is 6.92 Å². The van der Waals surface area contributed by atoms with Gasteiger partial charge in [-0.2, -0.15) is 0 Å². The van der Waals surface area contributed by atoms with Crippen LogP contribution in [0.1, 0.15) is 39.0 Å². The third-order valence-corrected chi connectivity index (χ3v) is 2.33. The molecule has 1 heteroatoms. The fourth-order valence-corrected chi connectivity index (χ4v) is 1.63. The molecule has 0 aromatic rings. The van der Waals surface area contributed by atoms with Crippen molar-refractivity contribution in [2.75, 3.05) is 0 Å². The second kappa shape index (κ2) is 3.21. The smallest absolute Gasteiger partial charge is 0.0542 e. The van der Waals surface area contributed by atoms with Crippen LogP contribution in [0.4, 0.5) is 0 Å². The monoisotopic (exact) mass is 128 g/mol. The summed E-state index contributed by atoms with van der Waals surface area (Å²) in [5.41, 5.74) is 0. The molecule has 54 valence electrons. The van der Waals surface area contributed by atoms with Crippen LogP contribution in [0.15, 0.2) is 0 Å². The zero-order chi connectivity index (χ0) is 6.69. The third-order valence-electron chi connectivity index (χ3n) is 2.33. The lowest BCUT2D eigenvalue weighted by Gasteiger charge is -2.24. The number of hydrogen-bond acceptors (Lipinski definition) is 1. The molecule has 1 fully saturated rings.